The zero-order valence-electron chi connectivity index (χ0n) is 19.2. The number of para-hydroxylation sites is 1. The first kappa shape index (κ1) is 24.4. The van der Waals surface area contributed by atoms with Crippen LogP contribution < -0.4 is 10.9 Å². The van der Waals surface area contributed by atoms with Crippen LogP contribution in [0.3, 0.4) is 0 Å². The van der Waals surface area contributed by atoms with Gasteiger partial charge >= 0.3 is 0 Å². The molecule has 9 heteroatoms. The summed E-state index contributed by atoms with van der Waals surface area (Å²) in [6, 6.07) is 12.9. The van der Waals surface area contributed by atoms with E-state index >= 15 is 0 Å². The molecule has 2 heterocycles. The monoisotopic (exact) mass is 484 g/mol. The molecule has 1 amide bonds. The largest absolute Gasteiger partial charge is 0.379 e. The Morgan fingerprint density at radius 3 is 2.76 bits per heavy atom. The molecule has 180 valence electrons. The van der Waals surface area contributed by atoms with E-state index in [2.05, 4.69) is 10.2 Å². The summed E-state index contributed by atoms with van der Waals surface area (Å²) >= 11 is 1.25. The number of aromatic nitrogens is 2. The van der Waals surface area contributed by atoms with Gasteiger partial charge in [0, 0.05) is 26.2 Å². The van der Waals surface area contributed by atoms with Crippen LogP contribution in [0.1, 0.15) is 19.8 Å². The fourth-order valence-corrected chi connectivity index (χ4v) is 5.19. The predicted molar refractivity (Wildman–Crippen MR) is 132 cm³/mol. The minimum absolute atomic E-state index is 0.0895. The Balaban J connectivity index is 1.60. The second-order valence-corrected chi connectivity index (χ2v) is 9.34. The number of thioether (sulfide) groups is 1. The van der Waals surface area contributed by atoms with Crippen molar-refractivity contribution < 1.29 is 13.9 Å². The molecule has 1 N–H and O–H groups in total. The highest BCUT2D eigenvalue weighted by molar-refractivity contribution is 8.00. The third kappa shape index (κ3) is 5.84. The molecular weight excluding hydrogens is 455 g/mol. The SMILES string of the molecule is CCCC(Sc1nc2ccccc2c(=O)n1-c1cccc(F)c1)C(=O)NCCN1CCOCC1. The van der Waals surface area contributed by atoms with E-state index < -0.39 is 11.1 Å². The van der Waals surface area contributed by atoms with Gasteiger partial charge in [0.2, 0.25) is 5.91 Å². The van der Waals surface area contributed by atoms with Crippen molar-refractivity contribution in [3.05, 3.63) is 64.7 Å². The molecular formula is C25H29FN4O3S. The number of morpholine rings is 1. The maximum absolute atomic E-state index is 14.0. The van der Waals surface area contributed by atoms with Gasteiger partial charge in [0.05, 0.1) is 35.1 Å². The van der Waals surface area contributed by atoms with Crippen molar-refractivity contribution in [2.75, 3.05) is 39.4 Å². The summed E-state index contributed by atoms with van der Waals surface area (Å²) in [6.45, 7) is 6.49. The van der Waals surface area contributed by atoms with E-state index in [1.54, 1.807) is 30.3 Å². The summed E-state index contributed by atoms with van der Waals surface area (Å²) in [4.78, 5) is 33.4. The van der Waals surface area contributed by atoms with Crippen LogP contribution in [0.5, 0.6) is 0 Å². The van der Waals surface area contributed by atoms with Crippen LogP contribution in [0.2, 0.25) is 0 Å². The molecule has 1 fully saturated rings. The third-order valence-corrected chi connectivity index (χ3v) is 6.95. The van der Waals surface area contributed by atoms with Gasteiger partial charge in [-0.05, 0) is 36.8 Å². The van der Waals surface area contributed by atoms with Gasteiger partial charge in [-0.15, -0.1) is 0 Å². The molecule has 7 nitrogen and oxygen atoms in total. The van der Waals surface area contributed by atoms with Crippen LogP contribution in [-0.2, 0) is 9.53 Å². The summed E-state index contributed by atoms with van der Waals surface area (Å²) in [5.74, 6) is -0.534. The molecule has 1 unspecified atom stereocenters. The molecule has 1 aromatic heterocycles. The van der Waals surface area contributed by atoms with Gasteiger partial charge < -0.3 is 10.1 Å². The van der Waals surface area contributed by atoms with Gasteiger partial charge in [-0.2, -0.15) is 0 Å². The van der Waals surface area contributed by atoms with Crippen LogP contribution in [0, 0.1) is 5.82 Å². The number of rotatable bonds is 9. The Morgan fingerprint density at radius 1 is 1.21 bits per heavy atom. The van der Waals surface area contributed by atoms with Gasteiger partial charge in [0.1, 0.15) is 5.82 Å². The van der Waals surface area contributed by atoms with Crippen LogP contribution in [0.15, 0.2) is 58.5 Å². The minimum atomic E-state index is -0.445. The smallest absolute Gasteiger partial charge is 0.266 e. The summed E-state index contributed by atoms with van der Waals surface area (Å²) in [5, 5.41) is 3.42. The normalized spacial score (nSPS) is 15.4. The Hall–Kier alpha value is -2.75. The Morgan fingerprint density at radius 2 is 2.00 bits per heavy atom. The Kier molecular flexibility index (Phi) is 8.31. The number of ether oxygens (including phenoxy) is 1. The molecule has 2 aromatic carbocycles. The zero-order valence-corrected chi connectivity index (χ0v) is 20.0. The number of nitrogens with one attached hydrogen (secondary N) is 1. The summed E-state index contributed by atoms with van der Waals surface area (Å²) < 4.78 is 20.8. The Bertz CT molecular complexity index is 1200. The van der Waals surface area contributed by atoms with E-state index in [0.29, 0.717) is 47.9 Å². The highest BCUT2D eigenvalue weighted by Gasteiger charge is 2.23. The van der Waals surface area contributed by atoms with Crippen molar-refractivity contribution in [1.82, 2.24) is 19.8 Å². The minimum Gasteiger partial charge on any atom is -0.379 e. The number of carbonyl (C=O) groups is 1. The van der Waals surface area contributed by atoms with Crippen molar-refractivity contribution in [1.29, 1.82) is 0 Å². The fourth-order valence-electron chi connectivity index (χ4n) is 3.94. The quantitative estimate of drug-likeness (QED) is 0.371. The number of nitrogens with zero attached hydrogens (tertiary/aromatic N) is 3. The number of fused-ring (bicyclic) bond motifs is 1. The van der Waals surface area contributed by atoms with Crippen molar-refractivity contribution in [2.45, 2.75) is 30.2 Å². The number of halogens is 1. The lowest BCUT2D eigenvalue weighted by molar-refractivity contribution is -0.120. The first-order valence-corrected chi connectivity index (χ1v) is 12.5. The molecule has 1 aliphatic heterocycles. The standard InChI is InChI=1S/C25H29FN4O3S/c1-2-6-22(23(31)27-11-12-29-13-15-33-16-14-29)34-25-28-21-10-4-3-9-20(21)24(32)30(25)19-8-5-7-18(26)17-19/h3-5,7-10,17,22H,2,6,11-16H2,1H3,(H,27,31). The zero-order chi connectivity index (χ0) is 23.9. The third-order valence-electron chi connectivity index (χ3n) is 5.73. The number of hydrogen-bond donors (Lipinski definition) is 1. The number of hydrogen-bond acceptors (Lipinski definition) is 6. The first-order chi connectivity index (χ1) is 16.6. The first-order valence-electron chi connectivity index (χ1n) is 11.6. The van der Waals surface area contributed by atoms with Crippen LogP contribution >= 0.6 is 11.8 Å². The van der Waals surface area contributed by atoms with Crippen molar-refractivity contribution in [3.8, 4) is 5.69 Å². The molecule has 3 aromatic rings. The lowest BCUT2D eigenvalue weighted by atomic mass is 10.2. The topological polar surface area (TPSA) is 76.5 Å². The van der Waals surface area contributed by atoms with E-state index in [-0.39, 0.29) is 11.5 Å². The van der Waals surface area contributed by atoms with Crippen LogP contribution in [0.25, 0.3) is 16.6 Å². The molecule has 1 saturated heterocycles. The molecule has 4 rings (SSSR count). The lowest BCUT2D eigenvalue weighted by Gasteiger charge is -2.26. The molecule has 0 spiro atoms. The summed E-state index contributed by atoms with van der Waals surface area (Å²) in [7, 11) is 0. The van der Waals surface area contributed by atoms with Crippen LogP contribution in [0.4, 0.5) is 4.39 Å². The van der Waals surface area contributed by atoms with E-state index in [0.717, 1.165) is 26.1 Å². The predicted octanol–water partition coefficient (Wildman–Crippen LogP) is 3.23. The molecule has 1 aliphatic rings. The summed E-state index contributed by atoms with van der Waals surface area (Å²) in [5.41, 5.74) is 0.640. The fraction of sp³-hybridized carbons (Fsp3) is 0.400. The van der Waals surface area contributed by atoms with E-state index in [1.807, 2.05) is 13.0 Å². The maximum atomic E-state index is 14.0. The van der Waals surface area contributed by atoms with E-state index in [1.165, 1.54) is 28.5 Å². The molecule has 0 saturated carbocycles. The van der Waals surface area contributed by atoms with Crippen molar-refractivity contribution >= 4 is 28.6 Å². The number of carbonyl (C=O) groups excluding carboxylic acids is 1. The van der Waals surface area contributed by atoms with Gasteiger partial charge in [0.15, 0.2) is 5.16 Å². The number of benzene rings is 2. The van der Waals surface area contributed by atoms with Gasteiger partial charge in [-0.1, -0.05) is 43.3 Å². The highest BCUT2D eigenvalue weighted by Crippen LogP contribution is 2.28. The highest BCUT2D eigenvalue weighted by atomic mass is 32.2. The van der Waals surface area contributed by atoms with Gasteiger partial charge in [-0.25, -0.2) is 9.37 Å². The maximum Gasteiger partial charge on any atom is 0.266 e. The van der Waals surface area contributed by atoms with Gasteiger partial charge in [0.25, 0.3) is 5.56 Å². The molecule has 34 heavy (non-hydrogen) atoms. The molecule has 0 bridgehead atoms. The average Bonchev–Trinajstić information content (AvgIpc) is 2.84. The molecule has 0 radical (unpaired) electrons. The van der Waals surface area contributed by atoms with Crippen LogP contribution in [-0.4, -0.2) is 65.0 Å². The Labute approximate surface area is 202 Å². The van der Waals surface area contributed by atoms with E-state index in [9.17, 15) is 14.0 Å². The van der Waals surface area contributed by atoms with Crippen molar-refractivity contribution in [3.63, 3.8) is 0 Å². The van der Waals surface area contributed by atoms with Crippen molar-refractivity contribution in [2.24, 2.45) is 0 Å². The lowest BCUT2D eigenvalue weighted by Crippen LogP contribution is -2.43. The second kappa shape index (κ2) is 11.6. The molecule has 0 aliphatic carbocycles. The number of amides is 1. The van der Waals surface area contributed by atoms with Gasteiger partial charge in [-0.3, -0.25) is 19.1 Å². The second-order valence-electron chi connectivity index (χ2n) is 8.17. The average molecular weight is 485 g/mol. The van der Waals surface area contributed by atoms with E-state index in [4.69, 9.17) is 9.72 Å². The summed E-state index contributed by atoms with van der Waals surface area (Å²) in [6.07, 6.45) is 1.42. The molecule has 1 atom stereocenters.